The molecule has 0 aromatic heterocycles. The van der Waals surface area contributed by atoms with E-state index in [-0.39, 0.29) is 5.57 Å². The molecule has 1 N–H and O–H groups in total. The molecule has 0 bridgehead atoms. The number of cyclic esters (lactones) is 2. The van der Waals surface area contributed by atoms with Crippen molar-refractivity contribution >= 4 is 23.5 Å². The van der Waals surface area contributed by atoms with E-state index in [1.807, 2.05) is 24.3 Å². The first kappa shape index (κ1) is 15.4. The molecule has 1 saturated heterocycles. The van der Waals surface area contributed by atoms with Crippen LogP contribution >= 0.6 is 11.6 Å². The topological polar surface area (TPSA) is 64.6 Å². The van der Waals surface area contributed by atoms with E-state index in [2.05, 4.69) is 5.32 Å². The summed E-state index contributed by atoms with van der Waals surface area (Å²) in [5.41, 5.74) is 0.964. The minimum atomic E-state index is -1.21. The molecule has 0 spiro atoms. The van der Waals surface area contributed by atoms with Crippen molar-refractivity contribution < 1.29 is 19.1 Å². The largest absolute Gasteiger partial charge is 0.419 e. The second kappa shape index (κ2) is 6.18. The molecule has 0 saturated carbocycles. The number of hydrogen-bond acceptors (Lipinski definition) is 5. The molecule has 1 aliphatic heterocycles. The molecule has 1 fully saturated rings. The molecule has 0 atom stereocenters. The Balaban J connectivity index is 1.88. The summed E-state index contributed by atoms with van der Waals surface area (Å²) in [6, 6.07) is 7.46. The molecular weight excluding hydrogens is 294 g/mol. The first-order valence-corrected chi connectivity index (χ1v) is 6.90. The van der Waals surface area contributed by atoms with E-state index in [4.69, 9.17) is 21.1 Å². The Labute approximate surface area is 127 Å². The van der Waals surface area contributed by atoms with Gasteiger partial charge in [-0.15, -0.1) is 0 Å². The zero-order valence-corrected chi connectivity index (χ0v) is 12.6. The van der Waals surface area contributed by atoms with Crippen LogP contribution in [0.5, 0.6) is 0 Å². The number of esters is 2. The van der Waals surface area contributed by atoms with Gasteiger partial charge in [-0.2, -0.15) is 0 Å². The molecule has 0 amide bonds. The molecule has 1 aliphatic rings. The van der Waals surface area contributed by atoms with Gasteiger partial charge in [0.05, 0.1) is 0 Å². The Morgan fingerprint density at radius 1 is 1.14 bits per heavy atom. The zero-order valence-electron chi connectivity index (χ0n) is 11.8. The summed E-state index contributed by atoms with van der Waals surface area (Å²) in [5.74, 6) is -2.58. The molecule has 21 heavy (non-hydrogen) atoms. The average molecular weight is 310 g/mol. The van der Waals surface area contributed by atoms with Gasteiger partial charge < -0.3 is 14.8 Å². The Hall–Kier alpha value is -2.01. The minimum Gasteiger partial charge on any atom is -0.419 e. The van der Waals surface area contributed by atoms with Gasteiger partial charge >= 0.3 is 11.9 Å². The fraction of sp³-hybridized carbons (Fsp3) is 0.333. The number of carbonyl (C=O) groups excluding carboxylic acids is 2. The van der Waals surface area contributed by atoms with Crippen LogP contribution in [0.4, 0.5) is 0 Å². The highest BCUT2D eigenvalue weighted by atomic mass is 35.5. The van der Waals surface area contributed by atoms with Gasteiger partial charge in [-0.25, -0.2) is 9.59 Å². The molecule has 0 unspecified atom stereocenters. The quantitative estimate of drug-likeness (QED) is 0.400. The summed E-state index contributed by atoms with van der Waals surface area (Å²) in [4.78, 5) is 23.4. The number of benzene rings is 1. The molecular formula is C15H16ClNO4. The fourth-order valence-corrected chi connectivity index (χ4v) is 1.95. The summed E-state index contributed by atoms with van der Waals surface area (Å²) < 4.78 is 9.96. The van der Waals surface area contributed by atoms with E-state index in [9.17, 15) is 9.59 Å². The van der Waals surface area contributed by atoms with Crippen LogP contribution in [-0.2, 0) is 25.5 Å². The Kier molecular flexibility index (Phi) is 4.53. The molecule has 1 aromatic carbocycles. The molecule has 0 aliphatic carbocycles. The van der Waals surface area contributed by atoms with Gasteiger partial charge in [0, 0.05) is 31.6 Å². The van der Waals surface area contributed by atoms with Crippen molar-refractivity contribution in [2.45, 2.75) is 26.1 Å². The Morgan fingerprint density at radius 2 is 1.71 bits per heavy atom. The maximum atomic E-state index is 11.7. The molecule has 2 rings (SSSR count). The summed E-state index contributed by atoms with van der Waals surface area (Å²) in [6.45, 7) is 3.58. The second-order valence-electron chi connectivity index (χ2n) is 5.07. The third kappa shape index (κ3) is 4.23. The summed E-state index contributed by atoms with van der Waals surface area (Å²) in [7, 11) is 0. The van der Waals surface area contributed by atoms with Crippen LogP contribution in [0.2, 0.25) is 5.02 Å². The summed E-state index contributed by atoms with van der Waals surface area (Å²) >= 11 is 5.80. The van der Waals surface area contributed by atoms with Crippen LogP contribution in [-0.4, -0.2) is 24.3 Å². The predicted molar refractivity (Wildman–Crippen MR) is 77.5 cm³/mol. The molecule has 6 heteroatoms. The Morgan fingerprint density at radius 3 is 2.29 bits per heavy atom. The van der Waals surface area contributed by atoms with Crippen molar-refractivity contribution in [3.8, 4) is 0 Å². The first-order chi connectivity index (χ1) is 9.87. The van der Waals surface area contributed by atoms with Crippen LogP contribution in [0.1, 0.15) is 19.4 Å². The lowest BCUT2D eigenvalue weighted by atomic mass is 10.1. The van der Waals surface area contributed by atoms with Gasteiger partial charge in [-0.3, -0.25) is 0 Å². The van der Waals surface area contributed by atoms with Crippen LogP contribution < -0.4 is 5.32 Å². The number of hydrogen-bond donors (Lipinski definition) is 1. The Bertz CT molecular complexity index is 556. The van der Waals surface area contributed by atoms with Gasteiger partial charge in [-0.05, 0) is 24.1 Å². The highest BCUT2D eigenvalue weighted by Crippen LogP contribution is 2.21. The number of nitrogens with one attached hydrogen (secondary N) is 1. The second-order valence-corrected chi connectivity index (χ2v) is 5.50. The van der Waals surface area contributed by atoms with Gasteiger partial charge in [0.1, 0.15) is 0 Å². The third-order valence-electron chi connectivity index (χ3n) is 2.83. The van der Waals surface area contributed by atoms with Gasteiger partial charge in [-0.1, -0.05) is 23.7 Å². The average Bonchev–Trinajstić information content (AvgIpc) is 2.38. The smallest absolute Gasteiger partial charge is 0.350 e. The molecule has 1 heterocycles. The van der Waals surface area contributed by atoms with Crippen LogP contribution in [0.15, 0.2) is 36.0 Å². The fourth-order valence-electron chi connectivity index (χ4n) is 1.82. The van der Waals surface area contributed by atoms with E-state index < -0.39 is 17.7 Å². The molecule has 112 valence electrons. The van der Waals surface area contributed by atoms with Crippen molar-refractivity contribution in [1.82, 2.24) is 5.32 Å². The van der Waals surface area contributed by atoms with E-state index in [0.717, 1.165) is 12.0 Å². The predicted octanol–water partition coefficient (Wildman–Crippen LogP) is 2.19. The lowest BCUT2D eigenvalue weighted by molar-refractivity contribution is -0.222. The van der Waals surface area contributed by atoms with E-state index >= 15 is 0 Å². The SMILES string of the molecule is CC1(C)OC(=O)C(=CNCCc2ccc(Cl)cc2)C(=O)O1. The molecule has 0 radical (unpaired) electrons. The standard InChI is InChI=1S/C15H16ClNO4/c1-15(2)20-13(18)12(14(19)21-15)9-17-8-7-10-3-5-11(16)6-4-10/h3-6,9,17H,7-8H2,1-2H3. The number of ether oxygens (including phenoxy) is 2. The number of halogens is 1. The van der Waals surface area contributed by atoms with Crippen molar-refractivity contribution in [3.05, 3.63) is 46.6 Å². The monoisotopic (exact) mass is 309 g/mol. The van der Waals surface area contributed by atoms with Crippen molar-refractivity contribution in [1.29, 1.82) is 0 Å². The van der Waals surface area contributed by atoms with E-state index in [1.54, 1.807) is 0 Å². The lowest BCUT2D eigenvalue weighted by Crippen LogP contribution is -2.42. The minimum absolute atomic E-state index is 0.134. The lowest BCUT2D eigenvalue weighted by Gasteiger charge is -2.29. The van der Waals surface area contributed by atoms with Crippen molar-refractivity contribution in [3.63, 3.8) is 0 Å². The maximum absolute atomic E-state index is 11.7. The number of carbonyl (C=O) groups is 2. The summed E-state index contributed by atoms with van der Waals surface area (Å²) in [6.07, 6.45) is 2.06. The third-order valence-corrected chi connectivity index (χ3v) is 3.09. The van der Waals surface area contributed by atoms with Gasteiger partial charge in [0.15, 0.2) is 5.57 Å². The van der Waals surface area contributed by atoms with E-state index in [1.165, 1.54) is 20.0 Å². The van der Waals surface area contributed by atoms with E-state index in [0.29, 0.717) is 11.6 Å². The zero-order chi connectivity index (χ0) is 15.5. The summed E-state index contributed by atoms with van der Waals surface area (Å²) in [5, 5.41) is 3.59. The first-order valence-electron chi connectivity index (χ1n) is 6.52. The molecule has 1 aromatic rings. The van der Waals surface area contributed by atoms with Crippen LogP contribution in [0.3, 0.4) is 0 Å². The van der Waals surface area contributed by atoms with Crippen LogP contribution in [0, 0.1) is 0 Å². The van der Waals surface area contributed by atoms with Gasteiger partial charge in [0.25, 0.3) is 5.79 Å². The highest BCUT2D eigenvalue weighted by Gasteiger charge is 2.38. The van der Waals surface area contributed by atoms with Gasteiger partial charge in [0.2, 0.25) is 0 Å². The maximum Gasteiger partial charge on any atom is 0.350 e. The van der Waals surface area contributed by atoms with Crippen LogP contribution in [0.25, 0.3) is 0 Å². The normalized spacial score (nSPS) is 17.0. The number of rotatable bonds is 4. The highest BCUT2D eigenvalue weighted by molar-refractivity contribution is 6.30. The molecule has 5 nitrogen and oxygen atoms in total. The van der Waals surface area contributed by atoms with Crippen molar-refractivity contribution in [2.24, 2.45) is 0 Å². The van der Waals surface area contributed by atoms with Crippen molar-refractivity contribution in [2.75, 3.05) is 6.54 Å².